The van der Waals surface area contributed by atoms with Gasteiger partial charge in [0.1, 0.15) is 5.76 Å². The Bertz CT molecular complexity index is 372. The van der Waals surface area contributed by atoms with Crippen molar-refractivity contribution in [3.8, 4) is 0 Å². The highest BCUT2D eigenvalue weighted by Gasteiger charge is 2.17. The van der Waals surface area contributed by atoms with E-state index in [0.717, 1.165) is 29.7 Å². The Labute approximate surface area is 105 Å². The zero-order valence-corrected chi connectivity index (χ0v) is 11.0. The summed E-state index contributed by atoms with van der Waals surface area (Å²) in [6.45, 7) is 0.827. The first-order chi connectivity index (χ1) is 7.79. The second kappa shape index (κ2) is 5.51. The van der Waals surface area contributed by atoms with Crippen molar-refractivity contribution in [3.05, 3.63) is 46.1 Å². The minimum Gasteiger partial charge on any atom is -0.496 e. The lowest BCUT2D eigenvalue weighted by atomic mass is 10.0. The largest absolute Gasteiger partial charge is 0.496 e. The first-order valence-electron chi connectivity index (χ1n) is 5.54. The Morgan fingerprint density at radius 3 is 2.69 bits per heavy atom. The van der Waals surface area contributed by atoms with Gasteiger partial charge in [0.2, 0.25) is 0 Å². The summed E-state index contributed by atoms with van der Waals surface area (Å²) in [6.07, 6.45) is 4.18. The zero-order chi connectivity index (χ0) is 11.4. The van der Waals surface area contributed by atoms with Crippen LogP contribution in [-0.2, 0) is 11.2 Å². The summed E-state index contributed by atoms with van der Waals surface area (Å²) in [5.41, 5.74) is 1.32. The van der Waals surface area contributed by atoms with Gasteiger partial charge in [-0.2, -0.15) is 0 Å². The van der Waals surface area contributed by atoms with Crippen LogP contribution in [0.5, 0.6) is 0 Å². The number of halogens is 1. The third-order valence-corrected chi connectivity index (χ3v) is 3.31. The summed E-state index contributed by atoms with van der Waals surface area (Å²) < 4.78 is 6.71. The molecule has 0 aliphatic carbocycles. The minimum atomic E-state index is 0.295. The van der Waals surface area contributed by atoms with Crippen LogP contribution in [0.15, 0.2) is 40.6 Å². The summed E-state index contributed by atoms with van der Waals surface area (Å²) in [4.78, 5) is 0. The smallest absolute Gasteiger partial charge is 0.109 e. The average Bonchev–Trinajstić information content (AvgIpc) is 2.82. The normalized spacial score (nSPS) is 16.8. The van der Waals surface area contributed by atoms with Crippen LogP contribution >= 0.6 is 15.9 Å². The van der Waals surface area contributed by atoms with E-state index >= 15 is 0 Å². The fourth-order valence-electron chi connectivity index (χ4n) is 1.88. The van der Waals surface area contributed by atoms with Gasteiger partial charge >= 0.3 is 0 Å². The SMILES string of the molecule is CNC(Cc1ccc(Br)cc1)C1=CCCO1. The lowest BCUT2D eigenvalue weighted by molar-refractivity contribution is 0.217. The van der Waals surface area contributed by atoms with Crippen LogP contribution < -0.4 is 5.32 Å². The highest BCUT2D eigenvalue weighted by Crippen LogP contribution is 2.18. The van der Waals surface area contributed by atoms with Crippen LogP contribution in [0.1, 0.15) is 12.0 Å². The molecule has 0 saturated carbocycles. The molecular formula is C13H16BrNO. The molecule has 1 atom stereocenters. The van der Waals surface area contributed by atoms with E-state index in [-0.39, 0.29) is 0 Å². The summed E-state index contributed by atoms with van der Waals surface area (Å²) in [5.74, 6) is 1.09. The van der Waals surface area contributed by atoms with Gasteiger partial charge in [-0.1, -0.05) is 28.1 Å². The van der Waals surface area contributed by atoms with Gasteiger partial charge in [-0.3, -0.25) is 0 Å². The summed E-state index contributed by atoms with van der Waals surface area (Å²) in [6, 6.07) is 8.73. The summed E-state index contributed by atoms with van der Waals surface area (Å²) in [7, 11) is 1.98. The maximum absolute atomic E-state index is 5.59. The van der Waals surface area contributed by atoms with Gasteiger partial charge in [0.15, 0.2) is 0 Å². The number of hydrogen-bond acceptors (Lipinski definition) is 2. The topological polar surface area (TPSA) is 21.3 Å². The van der Waals surface area contributed by atoms with Crippen LogP contribution in [0, 0.1) is 0 Å². The van der Waals surface area contributed by atoms with E-state index in [4.69, 9.17) is 4.74 Å². The Kier molecular flexibility index (Phi) is 4.02. The van der Waals surface area contributed by atoms with Crippen molar-refractivity contribution in [2.24, 2.45) is 0 Å². The van der Waals surface area contributed by atoms with Gasteiger partial charge in [-0.25, -0.2) is 0 Å². The molecule has 1 aromatic rings. The van der Waals surface area contributed by atoms with E-state index in [0.29, 0.717) is 6.04 Å². The first kappa shape index (κ1) is 11.7. The second-order valence-corrected chi connectivity index (χ2v) is 4.83. The minimum absolute atomic E-state index is 0.295. The van der Waals surface area contributed by atoms with Crippen molar-refractivity contribution < 1.29 is 4.74 Å². The zero-order valence-electron chi connectivity index (χ0n) is 9.37. The number of rotatable bonds is 4. The van der Waals surface area contributed by atoms with Crippen molar-refractivity contribution in [3.63, 3.8) is 0 Å². The van der Waals surface area contributed by atoms with Crippen molar-refractivity contribution in [1.29, 1.82) is 0 Å². The van der Waals surface area contributed by atoms with E-state index in [1.54, 1.807) is 0 Å². The van der Waals surface area contributed by atoms with Crippen LogP contribution in [0.2, 0.25) is 0 Å². The van der Waals surface area contributed by atoms with Gasteiger partial charge in [-0.15, -0.1) is 0 Å². The van der Waals surface area contributed by atoms with E-state index in [1.807, 2.05) is 7.05 Å². The monoisotopic (exact) mass is 281 g/mol. The second-order valence-electron chi connectivity index (χ2n) is 3.92. The molecule has 1 aliphatic heterocycles. The molecule has 0 amide bonds. The fraction of sp³-hybridized carbons (Fsp3) is 0.385. The molecule has 86 valence electrons. The van der Waals surface area contributed by atoms with Gasteiger partial charge < -0.3 is 10.1 Å². The Morgan fingerprint density at radius 1 is 1.38 bits per heavy atom. The fourth-order valence-corrected chi connectivity index (χ4v) is 2.15. The molecule has 0 radical (unpaired) electrons. The summed E-state index contributed by atoms with van der Waals surface area (Å²) in [5, 5.41) is 3.30. The molecule has 1 aliphatic rings. The number of likely N-dealkylation sites (N-methyl/N-ethyl adjacent to an activating group) is 1. The highest BCUT2D eigenvalue weighted by atomic mass is 79.9. The Balaban J connectivity index is 2.03. The van der Waals surface area contributed by atoms with Gasteiger partial charge in [-0.05, 0) is 37.2 Å². The molecule has 16 heavy (non-hydrogen) atoms. The first-order valence-corrected chi connectivity index (χ1v) is 6.33. The van der Waals surface area contributed by atoms with Gasteiger partial charge in [0, 0.05) is 10.9 Å². The molecule has 1 N–H and O–H groups in total. The predicted molar refractivity (Wildman–Crippen MR) is 69.3 cm³/mol. The van der Waals surface area contributed by atoms with Crippen molar-refractivity contribution in [2.45, 2.75) is 18.9 Å². The van der Waals surface area contributed by atoms with Crippen molar-refractivity contribution in [1.82, 2.24) is 5.32 Å². The molecule has 0 saturated heterocycles. The van der Waals surface area contributed by atoms with E-state index in [2.05, 4.69) is 51.6 Å². The van der Waals surface area contributed by atoms with Crippen LogP contribution in [-0.4, -0.2) is 19.7 Å². The van der Waals surface area contributed by atoms with E-state index < -0.39 is 0 Å². The van der Waals surface area contributed by atoms with Crippen molar-refractivity contribution >= 4 is 15.9 Å². The standard InChI is InChI=1S/C13H16BrNO/c1-15-12(13-3-2-8-16-13)9-10-4-6-11(14)7-5-10/h3-7,12,15H,2,8-9H2,1H3. The molecule has 2 rings (SSSR count). The molecule has 0 bridgehead atoms. The predicted octanol–water partition coefficient (Wildman–Crippen LogP) is 2.88. The van der Waals surface area contributed by atoms with E-state index in [9.17, 15) is 0 Å². The molecule has 1 aromatic carbocycles. The lowest BCUT2D eigenvalue weighted by Gasteiger charge is -2.17. The average molecular weight is 282 g/mol. The Morgan fingerprint density at radius 2 is 2.12 bits per heavy atom. The number of hydrogen-bond donors (Lipinski definition) is 1. The molecular weight excluding hydrogens is 266 g/mol. The number of ether oxygens (including phenoxy) is 1. The van der Waals surface area contributed by atoms with Gasteiger partial charge in [0.05, 0.1) is 12.6 Å². The molecule has 0 aromatic heterocycles. The molecule has 1 heterocycles. The third kappa shape index (κ3) is 2.86. The van der Waals surface area contributed by atoms with Crippen molar-refractivity contribution in [2.75, 3.05) is 13.7 Å². The van der Waals surface area contributed by atoms with E-state index in [1.165, 1.54) is 5.56 Å². The summed E-state index contributed by atoms with van der Waals surface area (Å²) >= 11 is 3.44. The maximum Gasteiger partial charge on any atom is 0.109 e. The Hall–Kier alpha value is -0.800. The molecule has 0 spiro atoms. The molecule has 0 fully saturated rings. The van der Waals surface area contributed by atoms with Crippen LogP contribution in [0.25, 0.3) is 0 Å². The molecule has 1 unspecified atom stereocenters. The highest BCUT2D eigenvalue weighted by molar-refractivity contribution is 9.10. The van der Waals surface area contributed by atoms with Gasteiger partial charge in [0.25, 0.3) is 0 Å². The van der Waals surface area contributed by atoms with Crippen LogP contribution in [0.4, 0.5) is 0 Å². The third-order valence-electron chi connectivity index (χ3n) is 2.78. The number of benzene rings is 1. The van der Waals surface area contributed by atoms with Crippen LogP contribution in [0.3, 0.4) is 0 Å². The maximum atomic E-state index is 5.59. The quantitative estimate of drug-likeness (QED) is 0.917. The molecule has 3 heteroatoms. The lowest BCUT2D eigenvalue weighted by Crippen LogP contribution is -2.30. The number of nitrogens with one attached hydrogen (secondary N) is 1. The molecule has 2 nitrogen and oxygen atoms in total.